The number of piperidine rings is 1. The van der Waals surface area contributed by atoms with Gasteiger partial charge in [-0.1, -0.05) is 6.42 Å². The number of nitrogens with one attached hydrogen (secondary N) is 1. The summed E-state index contributed by atoms with van der Waals surface area (Å²) in [5.74, 6) is 1.66. The van der Waals surface area contributed by atoms with E-state index in [1.165, 1.54) is 32.4 Å². The van der Waals surface area contributed by atoms with Crippen LogP contribution in [-0.2, 0) is 13.0 Å². The van der Waals surface area contributed by atoms with Gasteiger partial charge in [0.1, 0.15) is 17.7 Å². The van der Waals surface area contributed by atoms with Crippen LogP contribution in [0.5, 0.6) is 5.75 Å². The van der Waals surface area contributed by atoms with E-state index in [0.717, 1.165) is 54.3 Å². The number of hydrogen-bond acceptors (Lipinski definition) is 5. The molecular formula is C23H30N4O2. The van der Waals surface area contributed by atoms with Crippen LogP contribution in [0, 0.1) is 0 Å². The van der Waals surface area contributed by atoms with Gasteiger partial charge in [-0.15, -0.1) is 0 Å². The van der Waals surface area contributed by atoms with Gasteiger partial charge >= 0.3 is 0 Å². The van der Waals surface area contributed by atoms with E-state index in [1.54, 1.807) is 11.5 Å². The van der Waals surface area contributed by atoms with Crippen LogP contribution in [0.2, 0.25) is 0 Å². The molecule has 3 heterocycles. The van der Waals surface area contributed by atoms with Gasteiger partial charge in [0.15, 0.2) is 0 Å². The van der Waals surface area contributed by atoms with Gasteiger partial charge in [-0.3, -0.25) is 9.36 Å². The fourth-order valence-corrected chi connectivity index (χ4v) is 4.92. The highest BCUT2D eigenvalue weighted by molar-refractivity contribution is 5.82. The number of carbonyl (C=O) groups is 1. The third-order valence-corrected chi connectivity index (χ3v) is 6.59. The Kier molecular flexibility index (Phi) is 5.14. The molecule has 0 spiro atoms. The minimum atomic E-state index is 0.0102. The van der Waals surface area contributed by atoms with Crippen molar-refractivity contribution in [3.63, 3.8) is 0 Å². The SMILES string of the molecule is CC(=O)n1c(-c2ccc(OC3CC(N4CCCCC4)C3)cc2)nc2c1CNCC2. The van der Waals surface area contributed by atoms with Crippen molar-refractivity contribution in [3.05, 3.63) is 35.7 Å². The number of nitrogens with zero attached hydrogens (tertiary/aromatic N) is 3. The minimum absolute atomic E-state index is 0.0102. The van der Waals surface area contributed by atoms with Gasteiger partial charge in [0.05, 0.1) is 11.4 Å². The fourth-order valence-electron chi connectivity index (χ4n) is 4.92. The number of likely N-dealkylation sites (tertiary alicyclic amines) is 1. The number of rotatable bonds is 4. The first-order valence-electron chi connectivity index (χ1n) is 11.0. The Balaban J connectivity index is 1.26. The molecule has 154 valence electrons. The molecule has 5 rings (SSSR count). The summed E-state index contributed by atoms with van der Waals surface area (Å²) in [4.78, 5) is 19.7. The maximum Gasteiger partial charge on any atom is 0.229 e. The lowest BCUT2D eigenvalue weighted by atomic mass is 9.86. The third kappa shape index (κ3) is 3.71. The molecule has 1 N–H and O–H groups in total. The van der Waals surface area contributed by atoms with Crippen LogP contribution in [0.4, 0.5) is 0 Å². The normalized spacial score (nSPS) is 24.6. The quantitative estimate of drug-likeness (QED) is 0.863. The Bertz CT molecular complexity index is 877. The number of ether oxygens (including phenoxy) is 1. The van der Waals surface area contributed by atoms with Crippen molar-refractivity contribution in [3.8, 4) is 17.1 Å². The van der Waals surface area contributed by atoms with E-state index in [1.807, 2.05) is 24.3 Å². The largest absolute Gasteiger partial charge is 0.490 e. The molecule has 6 heteroatoms. The smallest absolute Gasteiger partial charge is 0.229 e. The average molecular weight is 395 g/mol. The summed E-state index contributed by atoms with van der Waals surface area (Å²) in [5.41, 5.74) is 2.99. The number of carbonyl (C=O) groups excluding carboxylic acids is 1. The van der Waals surface area contributed by atoms with E-state index in [9.17, 15) is 4.79 Å². The highest BCUT2D eigenvalue weighted by atomic mass is 16.5. The molecule has 0 bridgehead atoms. The molecular weight excluding hydrogens is 364 g/mol. The maximum absolute atomic E-state index is 12.3. The van der Waals surface area contributed by atoms with Crippen molar-refractivity contribution >= 4 is 5.91 Å². The second-order valence-electron chi connectivity index (χ2n) is 8.60. The van der Waals surface area contributed by atoms with Gasteiger partial charge in [0.25, 0.3) is 0 Å². The third-order valence-electron chi connectivity index (χ3n) is 6.59. The van der Waals surface area contributed by atoms with Crippen LogP contribution < -0.4 is 10.1 Å². The Labute approximate surface area is 172 Å². The first-order valence-corrected chi connectivity index (χ1v) is 11.0. The molecule has 1 aromatic carbocycles. The Morgan fingerprint density at radius 2 is 1.90 bits per heavy atom. The molecule has 0 unspecified atom stereocenters. The molecule has 0 radical (unpaired) electrons. The maximum atomic E-state index is 12.3. The summed E-state index contributed by atoms with van der Waals surface area (Å²) < 4.78 is 7.95. The number of imidazole rings is 1. The summed E-state index contributed by atoms with van der Waals surface area (Å²) in [6.45, 7) is 5.73. The van der Waals surface area contributed by atoms with Crippen molar-refractivity contribution < 1.29 is 9.53 Å². The summed E-state index contributed by atoms with van der Waals surface area (Å²) in [5, 5.41) is 3.34. The lowest BCUT2D eigenvalue weighted by molar-refractivity contribution is 0.00893. The van der Waals surface area contributed by atoms with Gasteiger partial charge in [0, 0.05) is 50.9 Å². The first kappa shape index (κ1) is 18.8. The predicted molar refractivity (Wildman–Crippen MR) is 112 cm³/mol. The molecule has 0 amide bonds. The Morgan fingerprint density at radius 3 is 2.62 bits per heavy atom. The number of benzene rings is 1. The van der Waals surface area contributed by atoms with Crippen molar-refractivity contribution in [1.29, 1.82) is 0 Å². The van der Waals surface area contributed by atoms with Gasteiger partial charge in [-0.05, 0) is 50.2 Å². The number of aromatic nitrogens is 2. The summed E-state index contributed by atoms with van der Waals surface area (Å²) in [6.07, 6.45) is 7.54. The highest BCUT2D eigenvalue weighted by Crippen LogP contribution is 2.32. The van der Waals surface area contributed by atoms with Gasteiger partial charge < -0.3 is 15.0 Å². The fraction of sp³-hybridized carbons (Fsp3) is 0.565. The second kappa shape index (κ2) is 7.92. The molecule has 1 saturated heterocycles. The second-order valence-corrected chi connectivity index (χ2v) is 8.60. The van der Waals surface area contributed by atoms with E-state index in [-0.39, 0.29) is 5.91 Å². The van der Waals surface area contributed by atoms with Crippen molar-refractivity contribution in [2.45, 2.75) is 64.1 Å². The molecule has 1 saturated carbocycles. The van der Waals surface area contributed by atoms with E-state index >= 15 is 0 Å². The lowest BCUT2D eigenvalue weighted by Gasteiger charge is -2.44. The van der Waals surface area contributed by atoms with E-state index in [2.05, 4.69) is 10.2 Å². The van der Waals surface area contributed by atoms with E-state index in [0.29, 0.717) is 18.7 Å². The molecule has 1 aromatic heterocycles. The van der Waals surface area contributed by atoms with Crippen LogP contribution in [0.3, 0.4) is 0 Å². The highest BCUT2D eigenvalue weighted by Gasteiger charge is 2.35. The number of fused-ring (bicyclic) bond motifs is 1. The van der Waals surface area contributed by atoms with Crippen LogP contribution in [0.1, 0.15) is 55.2 Å². The molecule has 29 heavy (non-hydrogen) atoms. The molecule has 2 aromatic rings. The van der Waals surface area contributed by atoms with Gasteiger partial charge in [-0.2, -0.15) is 0 Å². The zero-order valence-corrected chi connectivity index (χ0v) is 17.2. The van der Waals surface area contributed by atoms with Gasteiger partial charge in [-0.25, -0.2) is 4.98 Å². The molecule has 2 fully saturated rings. The Morgan fingerprint density at radius 1 is 1.14 bits per heavy atom. The van der Waals surface area contributed by atoms with Crippen molar-refractivity contribution in [2.24, 2.45) is 0 Å². The van der Waals surface area contributed by atoms with Crippen LogP contribution in [-0.4, -0.2) is 52.1 Å². The van der Waals surface area contributed by atoms with Crippen molar-refractivity contribution in [2.75, 3.05) is 19.6 Å². The lowest BCUT2D eigenvalue weighted by Crippen LogP contribution is -2.50. The average Bonchev–Trinajstić information content (AvgIpc) is 3.11. The first-order chi connectivity index (χ1) is 14.2. The summed E-state index contributed by atoms with van der Waals surface area (Å²) in [6, 6.07) is 8.79. The zero-order valence-electron chi connectivity index (χ0n) is 17.2. The number of hydrogen-bond donors (Lipinski definition) is 1. The summed E-state index contributed by atoms with van der Waals surface area (Å²) in [7, 11) is 0. The van der Waals surface area contributed by atoms with E-state index in [4.69, 9.17) is 9.72 Å². The molecule has 2 aliphatic heterocycles. The molecule has 3 aliphatic rings. The zero-order chi connectivity index (χ0) is 19.8. The predicted octanol–water partition coefficient (Wildman–Crippen LogP) is 3.25. The van der Waals surface area contributed by atoms with Crippen LogP contribution in [0.25, 0.3) is 11.4 Å². The van der Waals surface area contributed by atoms with Crippen LogP contribution >= 0.6 is 0 Å². The minimum Gasteiger partial charge on any atom is -0.490 e. The van der Waals surface area contributed by atoms with E-state index < -0.39 is 0 Å². The molecule has 6 nitrogen and oxygen atoms in total. The molecule has 0 atom stereocenters. The topological polar surface area (TPSA) is 59.4 Å². The monoisotopic (exact) mass is 394 g/mol. The molecule has 1 aliphatic carbocycles. The summed E-state index contributed by atoms with van der Waals surface area (Å²) >= 11 is 0. The van der Waals surface area contributed by atoms with Crippen LogP contribution in [0.15, 0.2) is 24.3 Å². The standard InChI is InChI=1S/C23H30N4O2/c1-16(28)27-22-15-24-10-9-21(22)25-23(27)17-5-7-19(8-6-17)29-20-13-18(14-20)26-11-3-2-4-12-26/h5-8,18,20,24H,2-4,9-15H2,1H3. The van der Waals surface area contributed by atoms with Gasteiger partial charge in [0.2, 0.25) is 5.91 Å². The Hall–Kier alpha value is -2.18. The van der Waals surface area contributed by atoms with Crippen molar-refractivity contribution in [1.82, 2.24) is 19.8 Å².